The molecule has 4 rings (SSSR count). The molecule has 0 saturated carbocycles. The van der Waals surface area contributed by atoms with Gasteiger partial charge in [0.2, 0.25) is 0 Å². The minimum absolute atomic E-state index is 0.0659. The van der Waals surface area contributed by atoms with Crippen LogP contribution in [0.25, 0.3) is 16.9 Å². The zero-order valence-corrected chi connectivity index (χ0v) is 15.0. The minimum atomic E-state index is -4.37. The Bertz CT molecular complexity index is 1170. The van der Waals surface area contributed by atoms with Crippen molar-refractivity contribution in [1.82, 2.24) is 14.6 Å². The molecule has 2 N–H and O–H groups in total. The van der Waals surface area contributed by atoms with Crippen molar-refractivity contribution < 1.29 is 18.3 Å². The zero-order valence-electron chi connectivity index (χ0n) is 15.0. The zero-order chi connectivity index (χ0) is 20.6. The first-order chi connectivity index (χ1) is 13.8. The van der Waals surface area contributed by atoms with E-state index in [0.717, 1.165) is 12.1 Å². The maximum atomic E-state index is 12.7. The van der Waals surface area contributed by atoms with Crippen LogP contribution < -0.4 is 10.8 Å². The van der Waals surface area contributed by atoms with Crippen LogP contribution in [0.3, 0.4) is 0 Å². The van der Waals surface area contributed by atoms with Crippen LogP contribution in [0.15, 0.2) is 60.8 Å². The molecule has 0 spiro atoms. The van der Waals surface area contributed by atoms with E-state index in [9.17, 15) is 18.3 Å². The predicted octanol–water partition coefficient (Wildman–Crippen LogP) is 3.53. The molecule has 2 aromatic heterocycles. The van der Waals surface area contributed by atoms with Crippen molar-refractivity contribution in [3.8, 4) is 17.0 Å². The SMILES string of the molecule is [B]c1cnn2c(NCc3ccc(C(F)(F)F)cc3)cc(-c3ccccc3O)nc12. The van der Waals surface area contributed by atoms with Gasteiger partial charge in [0.05, 0.1) is 11.3 Å². The van der Waals surface area contributed by atoms with Crippen LogP contribution in [0.2, 0.25) is 0 Å². The van der Waals surface area contributed by atoms with Crippen LogP contribution in [0.4, 0.5) is 19.0 Å². The molecule has 0 fully saturated rings. The van der Waals surface area contributed by atoms with Crippen LogP contribution in [0.5, 0.6) is 5.75 Å². The average Bonchev–Trinajstić information content (AvgIpc) is 3.07. The van der Waals surface area contributed by atoms with Gasteiger partial charge >= 0.3 is 6.18 Å². The molecule has 0 aliphatic rings. The third-order valence-corrected chi connectivity index (χ3v) is 4.43. The molecule has 2 radical (unpaired) electrons. The number of aromatic nitrogens is 3. The number of aromatic hydroxyl groups is 1. The maximum Gasteiger partial charge on any atom is 0.416 e. The number of phenols is 1. The second-order valence-electron chi connectivity index (χ2n) is 6.43. The maximum absolute atomic E-state index is 12.7. The normalized spacial score (nSPS) is 11.7. The van der Waals surface area contributed by atoms with Crippen molar-refractivity contribution in [2.45, 2.75) is 12.7 Å². The molecular formula is C20H14BF3N4O. The highest BCUT2D eigenvalue weighted by atomic mass is 19.4. The van der Waals surface area contributed by atoms with E-state index in [1.54, 1.807) is 30.3 Å². The molecule has 5 nitrogen and oxygen atoms in total. The molecule has 0 unspecified atom stereocenters. The highest BCUT2D eigenvalue weighted by molar-refractivity contribution is 6.36. The molecule has 0 aliphatic heterocycles. The first-order valence-corrected chi connectivity index (χ1v) is 8.65. The molecular weight excluding hydrogens is 380 g/mol. The van der Waals surface area contributed by atoms with Gasteiger partial charge < -0.3 is 10.4 Å². The molecule has 9 heteroatoms. The van der Waals surface area contributed by atoms with Gasteiger partial charge in [-0.25, -0.2) is 4.98 Å². The lowest BCUT2D eigenvalue weighted by atomic mass is 10.0. The monoisotopic (exact) mass is 394 g/mol. The summed E-state index contributed by atoms with van der Waals surface area (Å²) in [7, 11) is 5.95. The van der Waals surface area contributed by atoms with Crippen molar-refractivity contribution in [2.75, 3.05) is 5.32 Å². The highest BCUT2D eigenvalue weighted by Gasteiger charge is 2.29. The lowest BCUT2D eigenvalue weighted by Gasteiger charge is -2.12. The number of halogens is 3. The average molecular weight is 394 g/mol. The van der Waals surface area contributed by atoms with E-state index in [1.807, 2.05) is 0 Å². The summed E-state index contributed by atoms with van der Waals surface area (Å²) in [5.41, 5.74) is 1.73. The fraction of sp³-hybridized carbons (Fsp3) is 0.100. The van der Waals surface area contributed by atoms with Gasteiger partial charge in [0.25, 0.3) is 0 Å². The smallest absolute Gasteiger partial charge is 0.416 e. The van der Waals surface area contributed by atoms with Gasteiger partial charge in [-0.05, 0) is 35.3 Å². The molecule has 2 heterocycles. The predicted molar refractivity (Wildman–Crippen MR) is 104 cm³/mol. The Morgan fingerprint density at radius 2 is 1.79 bits per heavy atom. The molecule has 0 bridgehead atoms. The van der Waals surface area contributed by atoms with Crippen LogP contribution in [-0.4, -0.2) is 27.6 Å². The third-order valence-electron chi connectivity index (χ3n) is 4.43. The molecule has 144 valence electrons. The number of nitrogens with one attached hydrogen (secondary N) is 1. The Kier molecular flexibility index (Phi) is 4.66. The summed E-state index contributed by atoms with van der Waals surface area (Å²) in [4.78, 5) is 4.47. The second kappa shape index (κ2) is 7.16. The van der Waals surface area contributed by atoms with Gasteiger partial charge in [-0.15, -0.1) is 0 Å². The fourth-order valence-electron chi connectivity index (χ4n) is 2.94. The van der Waals surface area contributed by atoms with E-state index >= 15 is 0 Å². The van der Waals surface area contributed by atoms with E-state index in [1.165, 1.54) is 22.8 Å². The quantitative estimate of drug-likeness (QED) is 0.520. The van der Waals surface area contributed by atoms with Crippen molar-refractivity contribution in [1.29, 1.82) is 0 Å². The number of benzene rings is 2. The van der Waals surface area contributed by atoms with Gasteiger partial charge in [-0.3, -0.25) is 0 Å². The number of alkyl halides is 3. The second-order valence-corrected chi connectivity index (χ2v) is 6.43. The summed E-state index contributed by atoms with van der Waals surface area (Å²) < 4.78 is 39.7. The van der Waals surface area contributed by atoms with Gasteiger partial charge in [-0.2, -0.15) is 22.8 Å². The molecule has 0 saturated heterocycles. The molecule has 4 aromatic rings. The van der Waals surface area contributed by atoms with Crippen LogP contribution in [0, 0.1) is 0 Å². The topological polar surface area (TPSA) is 62.5 Å². The number of fused-ring (bicyclic) bond motifs is 1. The van der Waals surface area contributed by atoms with Gasteiger partial charge in [0.15, 0.2) is 5.65 Å². The molecule has 0 atom stereocenters. The van der Waals surface area contributed by atoms with Crippen LogP contribution in [-0.2, 0) is 12.7 Å². The standard InChI is InChI=1S/C20H14BF3N4O/c21-15-11-26-28-18(25-10-12-5-7-13(8-6-12)20(22,23)24)9-16(27-19(15)28)14-3-1-2-4-17(14)29/h1-9,11,25,29H,10H2. The Labute approximate surface area is 165 Å². The van der Waals surface area contributed by atoms with E-state index in [4.69, 9.17) is 7.85 Å². The summed E-state index contributed by atoms with van der Waals surface area (Å²) in [5, 5.41) is 17.5. The first-order valence-electron chi connectivity index (χ1n) is 8.65. The summed E-state index contributed by atoms with van der Waals surface area (Å²) in [5.74, 6) is 0.598. The minimum Gasteiger partial charge on any atom is -0.507 e. The first kappa shape index (κ1) is 18.9. The van der Waals surface area contributed by atoms with Gasteiger partial charge in [0, 0.05) is 24.4 Å². The van der Waals surface area contributed by atoms with Crippen molar-refractivity contribution in [3.63, 3.8) is 0 Å². The number of anilines is 1. The lowest BCUT2D eigenvalue weighted by Crippen LogP contribution is -2.10. The van der Waals surface area contributed by atoms with Gasteiger partial charge in [0.1, 0.15) is 19.4 Å². The molecule has 0 aliphatic carbocycles. The van der Waals surface area contributed by atoms with Gasteiger partial charge in [-0.1, -0.05) is 24.3 Å². The van der Waals surface area contributed by atoms with Crippen LogP contribution >= 0.6 is 0 Å². The number of para-hydroxylation sites is 1. The molecule has 0 amide bonds. The molecule has 2 aromatic carbocycles. The highest BCUT2D eigenvalue weighted by Crippen LogP contribution is 2.30. The summed E-state index contributed by atoms with van der Waals surface area (Å²) >= 11 is 0. The van der Waals surface area contributed by atoms with E-state index in [2.05, 4.69) is 15.4 Å². The summed E-state index contributed by atoms with van der Waals surface area (Å²) in [6.45, 7) is 0.261. The summed E-state index contributed by atoms with van der Waals surface area (Å²) in [6.07, 6.45) is -2.91. The summed E-state index contributed by atoms with van der Waals surface area (Å²) in [6, 6.07) is 13.3. The number of rotatable bonds is 4. The number of hydrogen-bond donors (Lipinski definition) is 2. The van der Waals surface area contributed by atoms with Crippen molar-refractivity contribution in [3.05, 3.63) is 71.9 Å². The fourth-order valence-corrected chi connectivity index (χ4v) is 2.94. The van der Waals surface area contributed by atoms with Crippen molar-refractivity contribution >= 4 is 24.8 Å². The van der Waals surface area contributed by atoms with E-state index in [0.29, 0.717) is 33.7 Å². The molecule has 29 heavy (non-hydrogen) atoms. The largest absolute Gasteiger partial charge is 0.507 e. The number of phenolic OH excluding ortho intramolecular Hbond substituents is 1. The van der Waals surface area contributed by atoms with E-state index < -0.39 is 11.7 Å². The lowest BCUT2D eigenvalue weighted by molar-refractivity contribution is -0.137. The van der Waals surface area contributed by atoms with Crippen LogP contribution in [0.1, 0.15) is 11.1 Å². The Hall–Kier alpha value is -3.49. The third kappa shape index (κ3) is 3.76. The van der Waals surface area contributed by atoms with Crippen molar-refractivity contribution in [2.24, 2.45) is 0 Å². The Morgan fingerprint density at radius 1 is 1.07 bits per heavy atom. The number of nitrogens with zero attached hydrogens (tertiary/aromatic N) is 3. The number of hydrogen-bond acceptors (Lipinski definition) is 4. The Morgan fingerprint density at radius 3 is 2.48 bits per heavy atom. The Balaban J connectivity index is 1.67. The van der Waals surface area contributed by atoms with E-state index in [-0.39, 0.29) is 12.3 Å².